The minimum absolute atomic E-state index is 0.00435. The van der Waals surface area contributed by atoms with Gasteiger partial charge in [0.25, 0.3) is 0 Å². The lowest BCUT2D eigenvalue weighted by Crippen LogP contribution is -2.38. The quantitative estimate of drug-likeness (QED) is 0.810. The number of likely N-dealkylation sites (tertiary alicyclic amines) is 1. The molecule has 1 saturated carbocycles. The van der Waals surface area contributed by atoms with Gasteiger partial charge in [-0.25, -0.2) is 14.9 Å². The molecule has 1 amide bonds. The summed E-state index contributed by atoms with van der Waals surface area (Å²) in [5.74, 6) is 2.38. The van der Waals surface area contributed by atoms with Gasteiger partial charge < -0.3 is 10.2 Å². The van der Waals surface area contributed by atoms with Crippen molar-refractivity contribution in [2.24, 2.45) is 11.8 Å². The molecule has 0 spiro atoms. The van der Waals surface area contributed by atoms with Gasteiger partial charge in [-0.2, -0.15) is 5.10 Å². The number of H-pyrrole nitrogens is 1. The Kier molecular flexibility index (Phi) is 4.72. The van der Waals surface area contributed by atoms with Crippen molar-refractivity contribution in [1.29, 1.82) is 0 Å². The number of rotatable bonds is 6. The van der Waals surface area contributed by atoms with E-state index in [-0.39, 0.29) is 30.2 Å². The number of hydrogen-bond donors (Lipinski definition) is 2. The number of carbonyl (C=O) groups excluding carboxylic acids is 1. The first kappa shape index (κ1) is 17.8. The zero-order valence-electron chi connectivity index (χ0n) is 15.8. The van der Waals surface area contributed by atoms with Gasteiger partial charge in [-0.3, -0.25) is 9.36 Å². The Morgan fingerprint density at radius 2 is 2.15 bits per heavy atom. The second-order valence-corrected chi connectivity index (χ2v) is 7.74. The van der Waals surface area contributed by atoms with E-state index in [0.29, 0.717) is 30.0 Å². The Balaban J connectivity index is 1.58. The first-order chi connectivity index (χ1) is 13.1. The first-order valence-electron chi connectivity index (χ1n) is 9.67. The molecule has 8 nitrogen and oxygen atoms in total. The van der Waals surface area contributed by atoms with Gasteiger partial charge in [0, 0.05) is 18.8 Å². The highest BCUT2D eigenvalue weighted by Gasteiger charge is 2.47. The summed E-state index contributed by atoms with van der Waals surface area (Å²) in [4.78, 5) is 31.3. The standard InChI is InChI=1S/C19H26N6O2/c1-12(2)25-18(22-23-19(25)27)17-14(13-6-7-13)8-10-24(17)16(26)11-21-15-5-3-4-9-20-15/h3-5,9,12-14,17H,6-8,10-11H2,1-2H3,(H,20,21)(H,23,27). The van der Waals surface area contributed by atoms with Crippen LogP contribution in [0.3, 0.4) is 0 Å². The van der Waals surface area contributed by atoms with Gasteiger partial charge in [0.15, 0.2) is 5.82 Å². The third-order valence-electron chi connectivity index (χ3n) is 5.59. The molecule has 2 N–H and O–H groups in total. The van der Waals surface area contributed by atoms with Crippen molar-refractivity contribution in [3.63, 3.8) is 0 Å². The number of hydrogen-bond acceptors (Lipinski definition) is 5. The lowest BCUT2D eigenvalue weighted by molar-refractivity contribution is -0.130. The van der Waals surface area contributed by atoms with Crippen molar-refractivity contribution < 1.29 is 4.79 Å². The van der Waals surface area contributed by atoms with Crippen LogP contribution in [0.5, 0.6) is 0 Å². The first-order valence-corrected chi connectivity index (χ1v) is 9.67. The molecule has 1 aliphatic carbocycles. The molecule has 0 bridgehead atoms. The molecule has 2 aromatic heterocycles. The SMILES string of the molecule is CC(C)n1c(C2C(C3CC3)CCN2C(=O)CNc2ccccn2)n[nH]c1=O. The van der Waals surface area contributed by atoms with Crippen LogP contribution in [-0.2, 0) is 4.79 Å². The summed E-state index contributed by atoms with van der Waals surface area (Å²) >= 11 is 0. The number of nitrogens with one attached hydrogen (secondary N) is 2. The molecular weight excluding hydrogens is 344 g/mol. The minimum atomic E-state index is -0.208. The van der Waals surface area contributed by atoms with Gasteiger partial charge in [-0.05, 0) is 57.1 Å². The molecular formula is C19H26N6O2. The number of aromatic nitrogens is 4. The molecule has 2 aromatic rings. The lowest BCUT2D eigenvalue weighted by atomic mass is 9.94. The van der Waals surface area contributed by atoms with E-state index in [4.69, 9.17) is 0 Å². The normalized spacial score (nSPS) is 22.4. The Bertz CT molecular complexity index is 855. The number of nitrogens with zero attached hydrogens (tertiary/aromatic N) is 4. The van der Waals surface area contributed by atoms with Crippen molar-refractivity contribution in [3.8, 4) is 0 Å². The molecule has 2 aliphatic rings. The summed E-state index contributed by atoms with van der Waals surface area (Å²) in [5.41, 5.74) is -0.208. The van der Waals surface area contributed by atoms with E-state index in [1.165, 1.54) is 12.8 Å². The fraction of sp³-hybridized carbons (Fsp3) is 0.579. The minimum Gasteiger partial charge on any atom is -0.361 e. The molecule has 0 radical (unpaired) electrons. The zero-order chi connectivity index (χ0) is 19.0. The highest BCUT2D eigenvalue weighted by molar-refractivity contribution is 5.81. The fourth-order valence-electron chi connectivity index (χ4n) is 4.20. The smallest absolute Gasteiger partial charge is 0.343 e. The molecule has 2 atom stereocenters. The summed E-state index contributed by atoms with van der Waals surface area (Å²) in [6, 6.07) is 5.41. The summed E-state index contributed by atoms with van der Waals surface area (Å²) in [6.45, 7) is 4.82. The largest absolute Gasteiger partial charge is 0.361 e. The van der Waals surface area contributed by atoms with Crippen LogP contribution in [0.2, 0.25) is 0 Å². The average molecular weight is 370 g/mol. The molecule has 2 unspecified atom stereocenters. The fourth-order valence-corrected chi connectivity index (χ4v) is 4.20. The second-order valence-electron chi connectivity index (χ2n) is 7.74. The van der Waals surface area contributed by atoms with Gasteiger partial charge in [0.05, 0.1) is 12.6 Å². The number of aromatic amines is 1. The highest BCUT2D eigenvalue weighted by Crippen LogP contribution is 2.50. The van der Waals surface area contributed by atoms with Crippen LogP contribution in [-0.4, -0.2) is 43.6 Å². The lowest BCUT2D eigenvalue weighted by Gasteiger charge is -2.28. The Hall–Kier alpha value is -2.64. The number of pyridine rings is 1. The van der Waals surface area contributed by atoms with Crippen molar-refractivity contribution >= 4 is 11.7 Å². The zero-order valence-corrected chi connectivity index (χ0v) is 15.8. The highest BCUT2D eigenvalue weighted by atomic mass is 16.2. The average Bonchev–Trinajstić information content (AvgIpc) is 3.29. The van der Waals surface area contributed by atoms with E-state index in [9.17, 15) is 9.59 Å². The molecule has 4 rings (SSSR count). The maximum Gasteiger partial charge on any atom is 0.343 e. The van der Waals surface area contributed by atoms with E-state index >= 15 is 0 Å². The molecule has 1 saturated heterocycles. The van der Waals surface area contributed by atoms with Crippen molar-refractivity contribution in [3.05, 3.63) is 40.7 Å². The third-order valence-corrected chi connectivity index (χ3v) is 5.59. The van der Waals surface area contributed by atoms with Gasteiger partial charge in [-0.15, -0.1) is 0 Å². The maximum atomic E-state index is 13.0. The van der Waals surface area contributed by atoms with Crippen molar-refractivity contribution in [2.75, 3.05) is 18.4 Å². The topological polar surface area (TPSA) is 95.9 Å². The molecule has 8 heteroatoms. The van der Waals surface area contributed by atoms with E-state index in [1.807, 2.05) is 36.9 Å². The van der Waals surface area contributed by atoms with Crippen LogP contribution < -0.4 is 11.0 Å². The van der Waals surface area contributed by atoms with E-state index in [2.05, 4.69) is 20.5 Å². The van der Waals surface area contributed by atoms with Crippen molar-refractivity contribution in [2.45, 2.75) is 45.2 Å². The summed E-state index contributed by atoms with van der Waals surface area (Å²) in [7, 11) is 0. The molecule has 1 aliphatic heterocycles. The second kappa shape index (κ2) is 7.17. The third kappa shape index (κ3) is 3.48. The Morgan fingerprint density at radius 1 is 1.33 bits per heavy atom. The molecule has 0 aromatic carbocycles. The number of carbonyl (C=O) groups is 1. The van der Waals surface area contributed by atoms with E-state index in [0.717, 1.165) is 6.42 Å². The van der Waals surface area contributed by atoms with E-state index < -0.39 is 0 Å². The van der Waals surface area contributed by atoms with Gasteiger partial charge in [0.2, 0.25) is 5.91 Å². The number of anilines is 1. The van der Waals surface area contributed by atoms with Gasteiger partial charge >= 0.3 is 5.69 Å². The van der Waals surface area contributed by atoms with Crippen LogP contribution in [0.15, 0.2) is 29.2 Å². The van der Waals surface area contributed by atoms with Gasteiger partial charge in [0.1, 0.15) is 5.82 Å². The Morgan fingerprint density at radius 3 is 2.81 bits per heavy atom. The molecule has 144 valence electrons. The molecule has 27 heavy (non-hydrogen) atoms. The molecule has 3 heterocycles. The molecule has 2 fully saturated rings. The Labute approximate surface area is 158 Å². The van der Waals surface area contributed by atoms with Crippen LogP contribution in [0.25, 0.3) is 0 Å². The predicted octanol–water partition coefficient (Wildman–Crippen LogP) is 1.96. The number of amides is 1. The maximum absolute atomic E-state index is 13.0. The predicted molar refractivity (Wildman–Crippen MR) is 101 cm³/mol. The van der Waals surface area contributed by atoms with Crippen LogP contribution in [0, 0.1) is 11.8 Å². The van der Waals surface area contributed by atoms with Gasteiger partial charge in [-0.1, -0.05) is 6.07 Å². The summed E-state index contributed by atoms with van der Waals surface area (Å²) < 4.78 is 1.69. The summed E-state index contributed by atoms with van der Waals surface area (Å²) in [5, 5.41) is 10.0. The van der Waals surface area contributed by atoms with Crippen molar-refractivity contribution in [1.82, 2.24) is 24.6 Å². The van der Waals surface area contributed by atoms with E-state index in [1.54, 1.807) is 10.8 Å². The monoisotopic (exact) mass is 370 g/mol. The van der Waals surface area contributed by atoms with Crippen LogP contribution >= 0.6 is 0 Å². The summed E-state index contributed by atoms with van der Waals surface area (Å²) in [6.07, 6.45) is 5.06. The van der Waals surface area contributed by atoms with Crippen LogP contribution in [0.1, 0.15) is 51.0 Å². The van der Waals surface area contributed by atoms with Crippen LogP contribution in [0.4, 0.5) is 5.82 Å².